The number of nitrogens with two attached hydrogens (primary N) is 1. The van der Waals surface area contributed by atoms with Gasteiger partial charge in [0.1, 0.15) is 5.84 Å². The number of ether oxygens (including phenoxy) is 1. The molecule has 0 fully saturated rings. The maximum atomic E-state index is 13.0. The van der Waals surface area contributed by atoms with Gasteiger partial charge in [-0.2, -0.15) is 0 Å². The van der Waals surface area contributed by atoms with Crippen molar-refractivity contribution in [3.63, 3.8) is 0 Å². The Bertz CT molecular complexity index is 1520. The van der Waals surface area contributed by atoms with Crippen LogP contribution in [0.1, 0.15) is 39.7 Å². The number of amides is 2. The zero-order valence-electron chi connectivity index (χ0n) is 25.0. The fourth-order valence-corrected chi connectivity index (χ4v) is 5.42. The molecule has 5 N–H and O–H groups in total. The van der Waals surface area contributed by atoms with Crippen LogP contribution >= 0.6 is 0 Å². The summed E-state index contributed by atoms with van der Waals surface area (Å²) in [6.07, 6.45) is -0.360. The Hall–Kier alpha value is -4.26. The summed E-state index contributed by atoms with van der Waals surface area (Å²) in [6, 6.07) is 20.4. The summed E-state index contributed by atoms with van der Waals surface area (Å²) < 4.78 is 29.4. The van der Waals surface area contributed by atoms with Gasteiger partial charge in [0.05, 0.1) is 11.4 Å². The van der Waals surface area contributed by atoms with E-state index in [0.29, 0.717) is 28.9 Å². The molecule has 0 saturated carbocycles. The van der Waals surface area contributed by atoms with Crippen molar-refractivity contribution < 1.29 is 22.7 Å². The predicted octanol–water partition coefficient (Wildman–Crippen LogP) is 4.60. The number of nitrogens with zero attached hydrogens (tertiary/aromatic N) is 2. The molecule has 0 aliphatic carbocycles. The molecule has 0 saturated heterocycles. The fourth-order valence-electron chi connectivity index (χ4n) is 4.66. The highest BCUT2D eigenvalue weighted by atomic mass is 32.2. The molecule has 2 amide bonds. The molecular weight excluding hydrogens is 568 g/mol. The summed E-state index contributed by atoms with van der Waals surface area (Å²) in [7, 11) is -3.90. The molecular formula is C31H40N6O5S. The van der Waals surface area contributed by atoms with E-state index in [4.69, 9.17) is 15.3 Å². The number of carbonyl (C=O) groups excluding carboxylic acids is 2. The van der Waals surface area contributed by atoms with E-state index in [1.165, 1.54) is 6.07 Å². The maximum Gasteiger partial charge on any atom is 0.414 e. The summed E-state index contributed by atoms with van der Waals surface area (Å²) in [5.74, 6) is -0.359. The minimum atomic E-state index is -3.90. The van der Waals surface area contributed by atoms with Crippen LogP contribution in [0.4, 0.5) is 16.2 Å². The van der Waals surface area contributed by atoms with E-state index in [2.05, 4.69) is 10.6 Å². The van der Waals surface area contributed by atoms with Crippen molar-refractivity contribution >= 4 is 39.2 Å². The minimum Gasteiger partial charge on any atom is -0.430 e. The van der Waals surface area contributed by atoms with Gasteiger partial charge in [0.2, 0.25) is 15.9 Å². The molecule has 0 spiro atoms. The summed E-state index contributed by atoms with van der Waals surface area (Å²) >= 11 is 0. The van der Waals surface area contributed by atoms with Gasteiger partial charge in [-0.15, -0.1) is 0 Å². The minimum absolute atomic E-state index is 0.0265. The van der Waals surface area contributed by atoms with Crippen LogP contribution in [-0.2, 0) is 19.6 Å². The van der Waals surface area contributed by atoms with Crippen molar-refractivity contribution in [2.45, 2.75) is 45.2 Å². The third-order valence-electron chi connectivity index (χ3n) is 6.83. The molecule has 0 aliphatic heterocycles. The highest BCUT2D eigenvalue weighted by Crippen LogP contribution is 2.27. The molecule has 230 valence electrons. The van der Waals surface area contributed by atoms with Crippen molar-refractivity contribution in [1.82, 2.24) is 10.2 Å². The zero-order chi connectivity index (χ0) is 31.6. The van der Waals surface area contributed by atoms with E-state index in [0.717, 1.165) is 25.2 Å². The van der Waals surface area contributed by atoms with Gasteiger partial charge in [-0.3, -0.25) is 20.4 Å². The maximum absolute atomic E-state index is 13.0. The standard InChI is InChI=1S/C31H40N6O5S/c1-5-19-37(26-12-10-11-24(20-26)30(32)35-31(39)42-22(4)36(6-2)7-3)21-29(38)34-25-17-15-23(16-18-25)27-13-8-9-14-28(27)43(33,40)41/h8-18,20,22H,5-7,19,21H2,1-4H3,(H,34,38)(H2,32,35,39)(H2,33,40,41). The van der Waals surface area contributed by atoms with Gasteiger partial charge in [0.25, 0.3) is 0 Å². The molecule has 0 heterocycles. The number of alkyl carbamates (subject to hydrolysis) is 1. The number of sulfonamides is 1. The number of benzene rings is 3. The van der Waals surface area contributed by atoms with Crippen LogP contribution in [0.3, 0.4) is 0 Å². The van der Waals surface area contributed by atoms with Crippen molar-refractivity contribution in [3.05, 3.63) is 78.4 Å². The van der Waals surface area contributed by atoms with E-state index in [1.54, 1.807) is 67.6 Å². The van der Waals surface area contributed by atoms with Gasteiger partial charge >= 0.3 is 6.09 Å². The topological polar surface area (TPSA) is 158 Å². The van der Waals surface area contributed by atoms with Gasteiger partial charge < -0.3 is 15.0 Å². The summed E-state index contributed by atoms with van der Waals surface area (Å²) in [4.78, 5) is 29.3. The molecule has 43 heavy (non-hydrogen) atoms. The van der Waals surface area contributed by atoms with Gasteiger partial charge in [-0.1, -0.05) is 63.2 Å². The molecule has 0 radical (unpaired) electrons. The third kappa shape index (κ3) is 9.37. The Labute approximate surface area is 253 Å². The predicted molar refractivity (Wildman–Crippen MR) is 170 cm³/mol. The second-order valence-electron chi connectivity index (χ2n) is 9.86. The first-order valence-corrected chi connectivity index (χ1v) is 15.7. The summed E-state index contributed by atoms with van der Waals surface area (Å²) in [5.41, 5.74) is 2.87. The van der Waals surface area contributed by atoms with Crippen molar-refractivity contribution in [2.24, 2.45) is 5.14 Å². The third-order valence-corrected chi connectivity index (χ3v) is 7.80. The number of hydrogen-bond acceptors (Lipinski definition) is 8. The largest absolute Gasteiger partial charge is 0.430 e. The average molecular weight is 609 g/mol. The number of anilines is 2. The first-order chi connectivity index (χ1) is 20.5. The van der Waals surface area contributed by atoms with Gasteiger partial charge in [-0.25, -0.2) is 18.4 Å². The van der Waals surface area contributed by atoms with Gasteiger partial charge in [0, 0.05) is 29.0 Å². The highest BCUT2D eigenvalue weighted by molar-refractivity contribution is 7.89. The Kier molecular flexibility index (Phi) is 11.8. The molecule has 1 atom stereocenters. The van der Waals surface area contributed by atoms with Crippen LogP contribution in [0.5, 0.6) is 0 Å². The van der Waals surface area contributed by atoms with Gasteiger partial charge in [0.15, 0.2) is 6.23 Å². The lowest BCUT2D eigenvalue weighted by Crippen LogP contribution is -2.40. The molecule has 1 unspecified atom stereocenters. The monoisotopic (exact) mass is 608 g/mol. The average Bonchev–Trinajstić information content (AvgIpc) is 2.97. The Morgan fingerprint density at radius 1 is 0.977 bits per heavy atom. The lowest BCUT2D eigenvalue weighted by atomic mass is 10.1. The molecule has 0 bridgehead atoms. The van der Waals surface area contributed by atoms with Crippen molar-refractivity contribution in [2.75, 3.05) is 36.4 Å². The van der Waals surface area contributed by atoms with E-state index in [9.17, 15) is 18.0 Å². The van der Waals surface area contributed by atoms with Crippen molar-refractivity contribution in [3.8, 4) is 11.1 Å². The molecule has 3 aromatic carbocycles. The van der Waals surface area contributed by atoms with Gasteiger partial charge in [-0.05, 0) is 62.3 Å². The first kappa shape index (κ1) is 33.2. The Morgan fingerprint density at radius 2 is 1.65 bits per heavy atom. The highest BCUT2D eigenvalue weighted by Gasteiger charge is 2.18. The lowest BCUT2D eigenvalue weighted by molar-refractivity contribution is -0.115. The van der Waals surface area contributed by atoms with E-state index >= 15 is 0 Å². The van der Waals surface area contributed by atoms with Crippen LogP contribution in [0.2, 0.25) is 0 Å². The molecule has 3 rings (SSSR count). The van der Waals surface area contributed by atoms with Crippen LogP contribution in [0.25, 0.3) is 11.1 Å². The Balaban J connectivity index is 1.67. The SMILES string of the molecule is CCCN(CC(=O)Nc1ccc(-c2ccccc2S(N)(=O)=O)cc1)c1cccc(C(=N)NC(=O)OC(C)N(CC)CC)c1. The van der Waals surface area contributed by atoms with Crippen LogP contribution in [-0.4, -0.2) is 63.6 Å². The quantitative estimate of drug-likeness (QED) is 0.125. The van der Waals surface area contributed by atoms with Crippen LogP contribution in [0.15, 0.2) is 77.7 Å². The number of hydrogen-bond donors (Lipinski definition) is 4. The number of rotatable bonds is 13. The van der Waals surface area contributed by atoms with Crippen LogP contribution < -0.4 is 20.7 Å². The normalized spacial score (nSPS) is 12.0. The fraction of sp³-hybridized carbons (Fsp3) is 0.323. The summed E-state index contributed by atoms with van der Waals surface area (Å²) in [6.45, 7) is 9.84. The van der Waals surface area contributed by atoms with Crippen molar-refractivity contribution in [1.29, 1.82) is 5.41 Å². The van der Waals surface area contributed by atoms with E-state index in [1.807, 2.05) is 36.6 Å². The number of nitrogens with one attached hydrogen (secondary N) is 3. The Morgan fingerprint density at radius 3 is 2.28 bits per heavy atom. The smallest absolute Gasteiger partial charge is 0.414 e. The zero-order valence-corrected chi connectivity index (χ0v) is 25.8. The number of primary sulfonamides is 1. The molecule has 0 aliphatic rings. The second-order valence-corrected chi connectivity index (χ2v) is 11.4. The first-order valence-electron chi connectivity index (χ1n) is 14.1. The lowest BCUT2D eigenvalue weighted by Gasteiger charge is -2.26. The van der Waals surface area contributed by atoms with E-state index < -0.39 is 22.3 Å². The number of carbonyl (C=O) groups is 2. The summed E-state index contributed by atoms with van der Waals surface area (Å²) in [5, 5.41) is 19.1. The molecule has 3 aromatic rings. The molecule has 12 heteroatoms. The van der Waals surface area contributed by atoms with E-state index in [-0.39, 0.29) is 23.2 Å². The molecule has 0 aromatic heterocycles. The molecule has 11 nitrogen and oxygen atoms in total. The second kappa shape index (κ2) is 15.3. The number of amidine groups is 1. The van der Waals surface area contributed by atoms with Crippen LogP contribution in [0, 0.1) is 5.41 Å².